The number of carbonyl (C=O) groups is 1. The van der Waals surface area contributed by atoms with E-state index in [-0.39, 0.29) is 0 Å². The molecular formula is C11H23NOS. The summed E-state index contributed by atoms with van der Waals surface area (Å²) >= 11 is 3.99. The molecule has 0 radical (unpaired) electrons. The summed E-state index contributed by atoms with van der Waals surface area (Å²) in [5.41, 5.74) is 0. The highest BCUT2D eigenvalue weighted by Gasteiger charge is 2.09. The van der Waals surface area contributed by atoms with Gasteiger partial charge in [0, 0.05) is 13.0 Å². The summed E-state index contributed by atoms with van der Waals surface area (Å²) in [6, 6.07) is 0. The lowest BCUT2D eigenvalue weighted by molar-refractivity contribution is -0.108. The van der Waals surface area contributed by atoms with Gasteiger partial charge in [-0.3, -0.25) is 4.72 Å². The molecular weight excluding hydrogens is 194 g/mol. The summed E-state index contributed by atoms with van der Waals surface area (Å²) in [7, 11) is 0. The average molecular weight is 217 g/mol. The molecule has 0 amide bonds. The van der Waals surface area contributed by atoms with Crippen molar-refractivity contribution in [1.82, 2.24) is 4.72 Å². The Bertz CT molecular complexity index is 139. The molecule has 84 valence electrons. The van der Waals surface area contributed by atoms with Gasteiger partial charge in [0.1, 0.15) is 6.29 Å². The lowest BCUT2D eigenvalue weighted by Gasteiger charge is -2.18. The van der Waals surface area contributed by atoms with Crippen LogP contribution in [0.15, 0.2) is 0 Å². The van der Waals surface area contributed by atoms with E-state index in [0.29, 0.717) is 6.42 Å². The zero-order valence-corrected chi connectivity index (χ0v) is 10.2. The zero-order valence-electron chi connectivity index (χ0n) is 9.33. The van der Waals surface area contributed by atoms with Gasteiger partial charge in [0.2, 0.25) is 0 Å². The van der Waals surface area contributed by atoms with Crippen molar-refractivity contribution < 1.29 is 4.79 Å². The van der Waals surface area contributed by atoms with E-state index in [4.69, 9.17) is 0 Å². The fourth-order valence-corrected chi connectivity index (χ4v) is 1.93. The van der Waals surface area contributed by atoms with Crippen molar-refractivity contribution in [2.75, 3.05) is 6.54 Å². The van der Waals surface area contributed by atoms with Crippen LogP contribution in [-0.2, 0) is 4.79 Å². The minimum absolute atomic E-state index is 0.711. The van der Waals surface area contributed by atoms with Gasteiger partial charge in [-0.25, -0.2) is 0 Å². The van der Waals surface area contributed by atoms with Crippen LogP contribution in [0.25, 0.3) is 0 Å². The van der Waals surface area contributed by atoms with Crippen LogP contribution in [0.2, 0.25) is 0 Å². The second-order valence-electron chi connectivity index (χ2n) is 4.29. The molecule has 0 aromatic carbocycles. The van der Waals surface area contributed by atoms with Gasteiger partial charge in [-0.15, -0.1) is 0 Å². The molecule has 1 atom stereocenters. The molecule has 3 heteroatoms. The van der Waals surface area contributed by atoms with Crippen LogP contribution in [0.1, 0.15) is 46.0 Å². The van der Waals surface area contributed by atoms with Gasteiger partial charge in [-0.2, -0.15) is 0 Å². The fraction of sp³-hybridized carbons (Fsp3) is 0.909. The van der Waals surface area contributed by atoms with Gasteiger partial charge in [0.15, 0.2) is 0 Å². The van der Waals surface area contributed by atoms with Gasteiger partial charge in [-0.1, -0.05) is 26.7 Å². The molecule has 1 N–H and O–H groups in total. The Labute approximate surface area is 93.4 Å². The van der Waals surface area contributed by atoms with E-state index in [0.717, 1.165) is 31.1 Å². The van der Waals surface area contributed by atoms with Crippen molar-refractivity contribution in [3.8, 4) is 0 Å². The van der Waals surface area contributed by atoms with Crippen molar-refractivity contribution in [2.24, 2.45) is 11.8 Å². The molecule has 0 saturated heterocycles. The third-order valence-corrected chi connectivity index (χ3v) is 2.63. The van der Waals surface area contributed by atoms with Gasteiger partial charge < -0.3 is 4.79 Å². The van der Waals surface area contributed by atoms with Crippen LogP contribution in [-0.4, -0.2) is 12.8 Å². The number of hydrogen-bond donors (Lipinski definition) is 2. The minimum Gasteiger partial charge on any atom is -0.303 e. The van der Waals surface area contributed by atoms with Gasteiger partial charge in [0.25, 0.3) is 0 Å². The standard InChI is InChI=1S/C11H23NOS/c1-10(2)9-11(6-7-12-14)5-3-4-8-13/h8,10-12,14H,3-7,9H2,1-2H3. The van der Waals surface area contributed by atoms with E-state index in [1.165, 1.54) is 19.3 Å². The maximum absolute atomic E-state index is 10.2. The van der Waals surface area contributed by atoms with E-state index >= 15 is 0 Å². The molecule has 0 fully saturated rings. The fourth-order valence-electron chi connectivity index (χ4n) is 1.81. The lowest BCUT2D eigenvalue weighted by Crippen LogP contribution is -2.12. The molecule has 0 aromatic rings. The normalized spacial score (nSPS) is 13.1. The summed E-state index contributed by atoms with van der Waals surface area (Å²) in [4.78, 5) is 10.2. The molecule has 0 spiro atoms. The van der Waals surface area contributed by atoms with Gasteiger partial charge >= 0.3 is 0 Å². The predicted octanol–water partition coefficient (Wildman–Crippen LogP) is 2.84. The molecule has 0 bridgehead atoms. The number of unbranched alkanes of at least 4 members (excludes halogenated alkanes) is 1. The molecule has 0 aliphatic rings. The van der Waals surface area contributed by atoms with E-state index in [2.05, 4.69) is 31.4 Å². The van der Waals surface area contributed by atoms with Crippen molar-refractivity contribution in [3.63, 3.8) is 0 Å². The molecule has 1 unspecified atom stereocenters. The number of rotatable bonds is 9. The molecule has 2 nitrogen and oxygen atoms in total. The number of hydrogen-bond acceptors (Lipinski definition) is 3. The number of thiol groups is 1. The first-order valence-electron chi connectivity index (χ1n) is 5.51. The Morgan fingerprint density at radius 3 is 2.57 bits per heavy atom. The molecule has 0 aliphatic carbocycles. The van der Waals surface area contributed by atoms with Crippen LogP contribution >= 0.6 is 12.8 Å². The van der Waals surface area contributed by atoms with E-state index in [9.17, 15) is 4.79 Å². The maximum Gasteiger partial charge on any atom is 0.119 e. The first kappa shape index (κ1) is 14.0. The lowest BCUT2D eigenvalue weighted by atomic mass is 9.90. The van der Waals surface area contributed by atoms with Crippen molar-refractivity contribution in [3.05, 3.63) is 0 Å². The highest BCUT2D eigenvalue weighted by molar-refractivity contribution is 7.78. The van der Waals surface area contributed by atoms with Crippen LogP contribution in [0, 0.1) is 11.8 Å². The summed E-state index contributed by atoms with van der Waals surface area (Å²) in [5.74, 6) is 1.49. The number of aldehydes is 1. The average Bonchev–Trinajstić information content (AvgIpc) is 2.13. The topological polar surface area (TPSA) is 29.1 Å². The quantitative estimate of drug-likeness (QED) is 0.353. The Kier molecular flexibility index (Phi) is 9.52. The third kappa shape index (κ3) is 8.57. The van der Waals surface area contributed by atoms with Crippen LogP contribution < -0.4 is 4.72 Å². The molecule has 0 rings (SSSR count). The molecule has 0 heterocycles. The minimum atomic E-state index is 0.711. The number of carbonyl (C=O) groups excluding carboxylic acids is 1. The van der Waals surface area contributed by atoms with Crippen LogP contribution in [0.3, 0.4) is 0 Å². The first-order chi connectivity index (χ1) is 6.70. The Morgan fingerprint density at radius 2 is 2.07 bits per heavy atom. The third-order valence-electron chi connectivity index (χ3n) is 2.40. The monoisotopic (exact) mass is 217 g/mol. The number of nitrogens with one attached hydrogen (secondary N) is 1. The van der Waals surface area contributed by atoms with E-state index in [1.54, 1.807) is 0 Å². The van der Waals surface area contributed by atoms with Crippen molar-refractivity contribution in [1.29, 1.82) is 0 Å². The van der Waals surface area contributed by atoms with E-state index in [1.807, 2.05) is 0 Å². The SMILES string of the molecule is CC(C)CC(CCCC=O)CCNS. The van der Waals surface area contributed by atoms with Gasteiger partial charge in [-0.05, 0) is 37.5 Å². The summed E-state index contributed by atoms with van der Waals surface area (Å²) < 4.78 is 2.89. The smallest absolute Gasteiger partial charge is 0.119 e. The Morgan fingerprint density at radius 1 is 1.36 bits per heavy atom. The summed E-state index contributed by atoms with van der Waals surface area (Å²) in [6.45, 7) is 5.46. The summed E-state index contributed by atoms with van der Waals surface area (Å²) in [5, 5.41) is 0. The highest BCUT2D eigenvalue weighted by atomic mass is 32.1. The molecule has 0 saturated carbocycles. The zero-order chi connectivity index (χ0) is 10.8. The molecule has 14 heavy (non-hydrogen) atoms. The van der Waals surface area contributed by atoms with Crippen LogP contribution in [0.5, 0.6) is 0 Å². The van der Waals surface area contributed by atoms with Crippen molar-refractivity contribution in [2.45, 2.75) is 46.0 Å². The molecule has 0 aliphatic heterocycles. The van der Waals surface area contributed by atoms with Crippen LogP contribution in [0.4, 0.5) is 0 Å². The summed E-state index contributed by atoms with van der Waals surface area (Å²) in [6.07, 6.45) is 6.36. The Hall–Kier alpha value is -0.0200. The second-order valence-corrected chi connectivity index (χ2v) is 4.61. The second kappa shape index (κ2) is 9.53. The highest BCUT2D eigenvalue weighted by Crippen LogP contribution is 2.20. The predicted molar refractivity (Wildman–Crippen MR) is 64.5 cm³/mol. The molecule has 0 aromatic heterocycles. The first-order valence-corrected chi connectivity index (χ1v) is 5.96. The maximum atomic E-state index is 10.2. The van der Waals surface area contributed by atoms with E-state index < -0.39 is 0 Å². The van der Waals surface area contributed by atoms with Gasteiger partial charge in [0.05, 0.1) is 0 Å². The van der Waals surface area contributed by atoms with Crippen molar-refractivity contribution >= 4 is 19.1 Å². The largest absolute Gasteiger partial charge is 0.303 e. The Balaban J connectivity index is 3.65.